The predicted molar refractivity (Wildman–Crippen MR) is 159 cm³/mol. The van der Waals surface area contributed by atoms with E-state index in [4.69, 9.17) is 14.2 Å². The minimum Gasteiger partial charge on any atom is -1.00 e. The number of aromatic nitrogens is 1. The average molecular weight is 597 g/mol. The fourth-order valence-electron chi connectivity index (χ4n) is 5.32. The van der Waals surface area contributed by atoms with Crippen LogP contribution in [0.3, 0.4) is 0 Å². The van der Waals surface area contributed by atoms with Gasteiger partial charge in [-0.05, 0) is 19.8 Å². The normalized spacial score (nSPS) is 16.4. The van der Waals surface area contributed by atoms with Crippen LogP contribution >= 0.6 is 0 Å². The molecule has 1 aromatic rings. The van der Waals surface area contributed by atoms with E-state index < -0.39 is 6.09 Å². The Balaban J connectivity index is 0.00000840. The van der Waals surface area contributed by atoms with Crippen molar-refractivity contribution in [2.45, 2.75) is 136 Å². The largest absolute Gasteiger partial charge is 1.00 e. The highest BCUT2D eigenvalue weighted by molar-refractivity contribution is 5.90. The Kier molecular flexibility index (Phi) is 21.7. The molecule has 0 bridgehead atoms. The molecule has 0 saturated carbocycles. The second kappa shape index (κ2) is 23.8. The minimum atomic E-state index is -0.600. The summed E-state index contributed by atoms with van der Waals surface area (Å²) in [5, 5.41) is 0. The highest BCUT2D eigenvalue weighted by atomic mass is 35.5. The molecule has 2 heterocycles. The summed E-state index contributed by atoms with van der Waals surface area (Å²) in [5.74, 6) is -0.196. The van der Waals surface area contributed by atoms with Crippen molar-refractivity contribution in [3.63, 3.8) is 0 Å². The molecule has 7 nitrogen and oxygen atoms in total. The Morgan fingerprint density at radius 3 is 2.10 bits per heavy atom. The van der Waals surface area contributed by atoms with E-state index >= 15 is 0 Å². The van der Waals surface area contributed by atoms with Gasteiger partial charge in [-0.15, -0.1) is 0 Å². The van der Waals surface area contributed by atoms with Crippen molar-refractivity contribution in [3.05, 3.63) is 30.1 Å². The van der Waals surface area contributed by atoms with Gasteiger partial charge in [-0.1, -0.05) is 96.5 Å². The topological polar surface area (TPSA) is 69.0 Å². The molecule has 236 valence electrons. The first-order valence-corrected chi connectivity index (χ1v) is 16.2. The van der Waals surface area contributed by atoms with Gasteiger partial charge in [0.2, 0.25) is 11.6 Å². The smallest absolute Gasteiger partial charge is 0.417 e. The molecule has 1 saturated heterocycles. The van der Waals surface area contributed by atoms with Crippen LogP contribution in [0.15, 0.2) is 24.4 Å². The number of nitrogens with zero attached hydrogens (tertiary/aromatic N) is 2. The lowest BCUT2D eigenvalue weighted by atomic mass is 10.0. The molecule has 0 aromatic carbocycles. The van der Waals surface area contributed by atoms with Gasteiger partial charge in [0.25, 0.3) is 0 Å². The quantitative estimate of drug-likeness (QED) is 0.147. The van der Waals surface area contributed by atoms with Crippen molar-refractivity contribution in [1.82, 2.24) is 4.90 Å². The van der Waals surface area contributed by atoms with Crippen molar-refractivity contribution in [2.24, 2.45) is 5.92 Å². The number of halogens is 1. The summed E-state index contributed by atoms with van der Waals surface area (Å²) in [5.41, 5.74) is 0.886. The monoisotopic (exact) mass is 596 g/mol. The molecule has 1 fully saturated rings. The first kappa shape index (κ1) is 37.3. The molecule has 2 unspecified atom stereocenters. The number of rotatable bonds is 22. The van der Waals surface area contributed by atoms with Crippen molar-refractivity contribution < 1.29 is 40.8 Å². The molecule has 0 radical (unpaired) electrons. The summed E-state index contributed by atoms with van der Waals surface area (Å²) in [6.45, 7) is 8.83. The van der Waals surface area contributed by atoms with Crippen LogP contribution in [0.2, 0.25) is 0 Å². The van der Waals surface area contributed by atoms with Gasteiger partial charge in [0.05, 0.1) is 25.9 Å². The molecule has 1 aliphatic heterocycles. The number of amides is 2. The summed E-state index contributed by atoms with van der Waals surface area (Å²) < 4.78 is 19.3. The summed E-state index contributed by atoms with van der Waals surface area (Å²) in [4.78, 5) is 26.0. The number of carbonyl (C=O) groups excluding carboxylic acids is 2. The molecule has 0 aliphatic carbocycles. The fourth-order valence-corrected chi connectivity index (χ4v) is 5.32. The van der Waals surface area contributed by atoms with Gasteiger partial charge in [-0.25, -0.2) is 14.3 Å². The molecule has 2 atom stereocenters. The summed E-state index contributed by atoms with van der Waals surface area (Å²) in [7, 11) is 0. The van der Waals surface area contributed by atoms with Crippen LogP contribution in [0, 0.1) is 5.92 Å². The number of ether oxygens (including phenoxy) is 3. The number of carbonyl (C=O) groups is 2. The maximum atomic E-state index is 12.7. The molecule has 41 heavy (non-hydrogen) atoms. The molecule has 1 aliphatic rings. The maximum Gasteiger partial charge on any atom is 0.417 e. The average Bonchev–Trinajstić information content (AvgIpc) is 3.42. The molecular formula is C33H57ClN2O5. The van der Waals surface area contributed by atoms with Gasteiger partial charge in [0.1, 0.15) is 13.1 Å². The fraction of sp³-hybridized carbons (Fsp3) is 0.788. The van der Waals surface area contributed by atoms with E-state index in [0.29, 0.717) is 13.2 Å². The highest BCUT2D eigenvalue weighted by Gasteiger charge is 2.29. The maximum absolute atomic E-state index is 12.7. The third-order valence-corrected chi connectivity index (χ3v) is 7.85. The van der Waals surface area contributed by atoms with Crippen LogP contribution < -0.4 is 17.0 Å². The van der Waals surface area contributed by atoms with E-state index in [2.05, 4.69) is 6.92 Å². The van der Waals surface area contributed by atoms with Crippen LogP contribution in [0.4, 0.5) is 4.79 Å². The zero-order chi connectivity index (χ0) is 28.8. The molecule has 1 aromatic heterocycles. The van der Waals surface area contributed by atoms with Gasteiger partial charge < -0.3 is 26.6 Å². The number of unbranched alkanes of at least 4 members (excludes halogenated alkanes) is 13. The van der Waals surface area contributed by atoms with E-state index in [1.54, 1.807) is 0 Å². The van der Waals surface area contributed by atoms with Crippen molar-refractivity contribution in [2.75, 3.05) is 26.4 Å². The van der Waals surface area contributed by atoms with E-state index in [-0.39, 0.29) is 43.5 Å². The third kappa shape index (κ3) is 16.5. The van der Waals surface area contributed by atoms with Crippen LogP contribution in [-0.4, -0.2) is 49.4 Å². The first-order chi connectivity index (χ1) is 19.5. The van der Waals surface area contributed by atoms with Gasteiger partial charge in [-0.2, -0.15) is 0 Å². The predicted octanol–water partition coefficient (Wildman–Crippen LogP) is 4.39. The number of hydrogen-bond donors (Lipinski definition) is 0. The lowest BCUT2D eigenvalue weighted by molar-refractivity contribution is -0.701. The Bertz CT molecular complexity index is 825. The molecule has 8 heteroatoms. The standard InChI is InChI=1S/C33H57N2O5.ClH/c1-4-6-7-8-9-10-11-12-13-14-15-16-17-20-23-38-28-32-24-30(26-39-32)27-40-33(37)35(29(3)36)25-31-21-18-19-22-34(31)5-2;/h18-19,21-22,30,32H,4-17,20,23-28H2,1-3H3;1H/q+1;/p-1. The number of hydrogen-bond acceptors (Lipinski definition) is 5. The Morgan fingerprint density at radius 2 is 1.51 bits per heavy atom. The van der Waals surface area contributed by atoms with E-state index in [0.717, 1.165) is 36.6 Å². The summed E-state index contributed by atoms with van der Waals surface area (Å²) in [6.07, 6.45) is 21.2. The summed E-state index contributed by atoms with van der Waals surface area (Å²) >= 11 is 0. The van der Waals surface area contributed by atoms with Crippen LogP contribution in [0.1, 0.15) is 123 Å². The highest BCUT2D eigenvalue weighted by Crippen LogP contribution is 2.21. The van der Waals surface area contributed by atoms with Crippen molar-refractivity contribution in [1.29, 1.82) is 0 Å². The minimum absolute atomic E-state index is 0. The van der Waals surface area contributed by atoms with E-state index in [1.807, 2.05) is 35.9 Å². The van der Waals surface area contributed by atoms with Crippen LogP contribution in [0.25, 0.3) is 0 Å². The van der Waals surface area contributed by atoms with Crippen molar-refractivity contribution >= 4 is 12.0 Å². The number of pyridine rings is 1. The SMILES string of the molecule is CCCCCCCCCCCCCCCCOCC1CC(COC(=O)N(Cc2cccc[n+]2CC)C(C)=O)CO1.[Cl-]. The molecule has 2 rings (SSSR count). The lowest BCUT2D eigenvalue weighted by Gasteiger charge is -2.19. The lowest BCUT2D eigenvalue weighted by Crippen LogP contribution is -3.00. The second-order valence-corrected chi connectivity index (χ2v) is 11.4. The molecule has 0 spiro atoms. The Labute approximate surface area is 256 Å². The van der Waals surface area contributed by atoms with Crippen LogP contribution in [0.5, 0.6) is 0 Å². The zero-order valence-corrected chi connectivity index (χ0v) is 26.9. The first-order valence-electron chi connectivity index (χ1n) is 16.2. The van der Waals surface area contributed by atoms with Crippen LogP contribution in [-0.2, 0) is 32.1 Å². The number of imide groups is 1. The third-order valence-electron chi connectivity index (χ3n) is 7.85. The molecular weight excluding hydrogens is 540 g/mol. The van der Waals surface area contributed by atoms with Gasteiger partial charge in [0.15, 0.2) is 6.20 Å². The van der Waals surface area contributed by atoms with E-state index in [1.165, 1.54) is 90.4 Å². The van der Waals surface area contributed by atoms with Crippen molar-refractivity contribution in [3.8, 4) is 0 Å². The Morgan fingerprint density at radius 1 is 0.902 bits per heavy atom. The Hall–Kier alpha value is -1.70. The molecule has 0 N–H and O–H groups in total. The zero-order valence-electron chi connectivity index (χ0n) is 26.1. The second-order valence-electron chi connectivity index (χ2n) is 11.4. The van der Waals surface area contributed by atoms with Gasteiger partial charge >= 0.3 is 6.09 Å². The van der Waals surface area contributed by atoms with E-state index in [9.17, 15) is 9.59 Å². The van der Waals surface area contributed by atoms with Gasteiger partial charge in [-0.3, -0.25) is 4.79 Å². The summed E-state index contributed by atoms with van der Waals surface area (Å²) in [6, 6.07) is 5.76. The van der Waals surface area contributed by atoms with Gasteiger partial charge in [0, 0.05) is 31.6 Å². The number of aryl methyl sites for hydroxylation is 1. The molecule has 2 amide bonds.